The summed E-state index contributed by atoms with van der Waals surface area (Å²) in [6, 6.07) is 8.83. The number of alkyl halides is 3. The fraction of sp³-hybridized carbons (Fsp3) is 0.417. The fourth-order valence-electron chi connectivity index (χ4n) is 3.95. The molecule has 1 saturated carbocycles. The summed E-state index contributed by atoms with van der Waals surface area (Å²) in [5, 5.41) is 5.59. The van der Waals surface area contributed by atoms with Gasteiger partial charge in [0.1, 0.15) is 6.04 Å². The van der Waals surface area contributed by atoms with Crippen LogP contribution in [0, 0.1) is 0 Å². The predicted molar refractivity (Wildman–Crippen MR) is 122 cm³/mol. The molecule has 1 atom stereocenters. The first-order valence-corrected chi connectivity index (χ1v) is 12.9. The standard InChI is InChI=1S/C24H26F3N3O4S/c25-24(26,27)18-8-12-20(13-9-18)35(33,34)30(21-3-1-2-14-28-23(21)32)15-16-4-6-17(7-5-16)22(31)29-19-10-11-19/h4-9,12-13,19,21H,1-3,10-11,14-15H2,(H,28,32)(H,29,31)/t21-/m1/s1. The van der Waals surface area contributed by atoms with Crippen molar-refractivity contribution >= 4 is 21.8 Å². The average molecular weight is 510 g/mol. The minimum Gasteiger partial charge on any atom is -0.355 e. The Bertz CT molecular complexity index is 1180. The van der Waals surface area contributed by atoms with Gasteiger partial charge in [-0.25, -0.2) is 8.42 Å². The van der Waals surface area contributed by atoms with Crippen molar-refractivity contribution in [1.29, 1.82) is 0 Å². The highest BCUT2D eigenvalue weighted by Crippen LogP contribution is 2.31. The van der Waals surface area contributed by atoms with Gasteiger partial charge in [0.2, 0.25) is 15.9 Å². The van der Waals surface area contributed by atoms with Crippen LogP contribution < -0.4 is 10.6 Å². The molecule has 11 heteroatoms. The highest BCUT2D eigenvalue weighted by Gasteiger charge is 2.37. The monoisotopic (exact) mass is 509 g/mol. The van der Waals surface area contributed by atoms with Crippen LogP contribution in [-0.2, 0) is 27.5 Å². The molecule has 0 aromatic heterocycles. The molecule has 2 aromatic carbocycles. The average Bonchev–Trinajstić information content (AvgIpc) is 3.65. The van der Waals surface area contributed by atoms with Crippen molar-refractivity contribution < 1.29 is 31.2 Å². The number of hydrogen-bond acceptors (Lipinski definition) is 4. The fourth-order valence-corrected chi connectivity index (χ4v) is 5.56. The molecule has 2 aromatic rings. The molecular weight excluding hydrogens is 483 g/mol. The first-order chi connectivity index (χ1) is 16.6. The van der Waals surface area contributed by atoms with Crippen molar-refractivity contribution in [2.24, 2.45) is 0 Å². The van der Waals surface area contributed by atoms with Gasteiger partial charge in [0.25, 0.3) is 5.91 Å². The lowest BCUT2D eigenvalue weighted by atomic mass is 10.1. The summed E-state index contributed by atoms with van der Waals surface area (Å²) >= 11 is 0. The van der Waals surface area contributed by atoms with Gasteiger partial charge in [-0.15, -0.1) is 0 Å². The van der Waals surface area contributed by atoms with Crippen LogP contribution in [0.4, 0.5) is 13.2 Å². The molecule has 2 amide bonds. The van der Waals surface area contributed by atoms with E-state index in [1.807, 2.05) is 0 Å². The van der Waals surface area contributed by atoms with Gasteiger partial charge in [0, 0.05) is 24.7 Å². The Kier molecular flexibility index (Phi) is 7.18. The topological polar surface area (TPSA) is 95.6 Å². The first kappa shape index (κ1) is 25.2. The summed E-state index contributed by atoms with van der Waals surface area (Å²) in [4.78, 5) is 24.7. The van der Waals surface area contributed by atoms with Crippen molar-refractivity contribution in [1.82, 2.24) is 14.9 Å². The molecule has 1 aliphatic heterocycles. The molecule has 0 bridgehead atoms. The minimum atomic E-state index is -4.60. The van der Waals surface area contributed by atoms with Gasteiger partial charge in [-0.1, -0.05) is 12.1 Å². The summed E-state index contributed by atoms with van der Waals surface area (Å²) in [5.74, 6) is -0.658. The molecule has 35 heavy (non-hydrogen) atoms. The van der Waals surface area contributed by atoms with Gasteiger partial charge in [-0.3, -0.25) is 9.59 Å². The van der Waals surface area contributed by atoms with E-state index < -0.39 is 33.7 Å². The van der Waals surface area contributed by atoms with E-state index in [4.69, 9.17) is 0 Å². The highest BCUT2D eigenvalue weighted by atomic mass is 32.2. The Labute approximate surface area is 201 Å². The maximum absolute atomic E-state index is 13.6. The smallest absolute Gasteiger partial charge is 0.355 e. The minimum absolute atomic E-state index is 0.175. The Balaban J connectivity index is 1.63. The third kappa shape index (κ3) is 6.02. The summed E-state index contributed by atoms with van der Waals surface area (Å²) in [7, 11) is -4.32. The lowest BCUT2D eigenvalue weighted by Crippen LogP contribution is -2.48. The van der Waals surface area contributed by atoms with Crippen LogP contribution in [0.3, 0.4) is 0 Å². The van der Waals surface area contributed by atoms with E-state index in [0.29, 0.717) is 42.6 Å². The van der Waals surface area contributed by atoms with Crippen molar-refractivity contribution in [3.63, 3.8) is 0 Å². The van der Waals surface area contributed by atoms with Gasteiger partial charge in [0.15, 0.2) is 0 Å². The summed E-state index contributed by atoms with van der Waals surface area (Å²) < 4.78 is 67.1. The number of halogens is 3. The molecule has 0 spiro atoms. The van der Waals surface area contributed by atoms with E-state index in [9.17, 15) is 31.2 Å². The van der Waals surface area contributed by atoms with Gasteiger partial charge >= 0.3 is 6.18 Å². The molecule has 2 fully saturated rings. The number of carbonyl (C=O) groups excluding carboxylic acids is 2. The number of nitrogens with zero attached hydrogens (tertiary/aromatic N) is 1. The van der Waals surface area contributed by atoms with Crippen molar-refractivity contribution in [2.45, 2.75) is 61.8 Å². The molecule has 0 unspecified atom stereocenters. The molecule has 1 heterocycles. The number of sulfonamides is 1. The van der Waals surface area contributed by atoms with Gasteiger partial charge in [-0.2, -0.15) is 17.5 Å². The number of amides is 2. The van der Waals surface area contributed by atoms with Crippen LogP contribution >= 0.6 is 0 Å². The SMILES string of the molecule is O=C(NC1CC1)c1ccc(CN([C@@H]2CCCCNC2=O)S(=O)(=O)c2ccc(C(F)(F)F)cc2)cc1. The van der Waals surface area contributed by atoms with Crippen LogP contribution in [0.2, 0.25) is 0 Å². The molecule has 4 rings (SSSR count). The Hall–Kier alpha value is -2.92. The number of hydrogen-bond donors (Lipinski definition) is 2. The second kappa shape index (κ2) is 9.98. The zero-order valence-electron chi connectivity index (χ0n) is 18.8. The predicted octanol–water partition coefficient (Wildman–Crippen LogP) is 3.46. The molecule has 1 saturated heterocycles. The second-order valence-corrected chi connectivity index (χ2v) is 10.7. The highest BCUT2D eigenvalue weighted by molar-refractivity contribution is 7.89. The number of nitrogens with one attached hydrogen (secondary N) is 2. The van der Waals surface area contributed by atoms with Crippen LogP contribution in [0.5, 0.6) is 0 Å². The number of carbonyl (C=O) groups is 2. The number of benzene rings is 2. The second-order valence-electron chi connectivity index (χ2n) is 8.82. The van der Waals surface area contributed by atoms with Gasteiger partial charge in [-0.05, 0) is 74.1 Å². The van der Waals surface area contributed by atoms with Crippen LogP contribution in [0.1, 0.15) is 53.6 Å². The summed E-state index contributed by atoms with van der Waals surface area (Å²) in [5.41, 5.74) is 0.0146. The molecule has 1 aliphatic carbocycles. The molecule has 2 aliphatic rings. The van der Waals surface area contributed by atoms with Gasteiger partial charge < -0.3 is 10.6 Å². The Morgan fingerprint density at radius 1 is 1.00 bits per heavy atom. The summed E-state index contributed by atoms with van der Waals surface area (Å²) in [6.45, 7) is 0.250. The molecule has 188 valence electrons. The van der Waals surface area contributed by atoms with Crippen LogP contribution in [0.15, 0.2) is 53.4 Å². The van der Waals surface area contributed by atoms with E-state index in [1.54, 1.807) is 24.3 Å². The molecule has 2 N–H and O–H groups in total. The lowest BCUT2D eigenvalue weighted by Gasteiger charge is -2.29. The maximum atomic E-state index is 13.6. The van der Waals surface area contributed by atoms with E-state index in [1.165, 1.54) is 0 Å². The van der Waals surface area contributed by atoms with Crippen molar-refractivity contribution in [2.75, 3.05) is 6.54 Å². The first-order valence-electron chi connectivity index (χ1n) is 11.4. The van der Waals surface area contributed by atoms with E-state index in [-0.39, 0.29) is 29.8 Å². The van der Waals surface area contributed by atoms with E-state index in [0.717, 1.165) is 29.3 Å². The normalized spacial score (nSPS) is 19.2. The van der Waals surface area contributed by atoms with Crippen LogP contribution in [-0.4, -0.2) is 43.2 Å². The third-order valence-corrected chi connectivity index (χ3v) is 7.98. The summed E-state index contributed by atoms with van der Waals surface area (Å²) in [6.07, 6.45) is -1.11. The van der Waals surface area contributed by atoms with Crippen molar-refractivity contribution in [3.05, 3.63) is 65.2 Å². The van der Waals surface area contributed by atoms with E-state index >= 15 is 0 Å². The maximum Gasteiger partial charge on any atom is 0.416 e. The quantitative estimate of drug-likeness (QED) is 0.598. The van der Waals surface area contributed by atoms with E-state index in [2.05, 4.69) is 10.6 Å². The zero-order valence-corrected chi connectivity index (χ0v) is 19.7. The zero-order chi connectivity index (χ0) is 25.2. The molecule has 7 nitrogen and oxygen atoms in total. The molecule has 0 radical (unpaired) electrons. The van der Waals surface area contributed by atoms with Gasteiger partial charge in [0.05, 0.1) is 10.5 Å². The Morgan fingerprint density at radius 3 is 2.26 bits per heavy atom. The third-order valence-electron chi connectivity index (χ3n) is 6.11. The lowest BCUT2D eigenvalue weighted by molar-refractivity contribution is -0.137. The largest absolute Gasteiger partial charge is 0.416 e. The molecular formula is C24H26F3N3O4S. The Morgan fingerprint density at radius 2 is 1.66 bits per heavy atom. The van der Waals surface area contributed by atoms with Crippen molar-refractivity contribution in [3.8, 4) is 0 Å². The number of rotatable bonds is 7. The van der Waals surface area contributed by atoms with Crippen LogP contribution in [0.25, 0.3) is 0 Å².